The second-order valence-electron chi connectivity index (χ2n) is 18.1. The Morgan fingerprint density at radius 3 is 0.488 bits per heavy atom. The lowest BCUT2D eigenvalue weighted by Gasteiger charge is -2.32. The molecular weight excluding hydrogens is 512 g/mol. The molecule has 0 amide bonds. The molecule has 10 nitrogen and oxygen atoms in total. The number of hydrogen-bond acceptors (Lipinski definition) is 5. The lowest BCUT2D eigenvalue weighted by molar-refractivity contribution is -1.05. The fourth-order valence-corrected chi connectivity index (χ4v) is 3.54. The van der Waals surface area contributed by atoms with Gasteiger partial charge >= 0.3 is 0 Å². The summed E-state index contributed by atoms with van der Waals surface area (Å²) >= 11 is 0. The van der Waals surface area contributed by atoms with Gasteiger partial charge in [-0.2, -0.15) is 0 Å². The molecule has 41 heavy (non-hydrogen) atoms. The zero-order chi connectivity index (χ0) is 35.2. The Kier molecular flexibility index (Phi) is 32.4. The third-order valence-electron chi connectivity index (χ3n) is 2.83. The van der Waals surface area contributed by atoms with Gasteiger partial charge in [0.25, 0.3) is 0 Å². The van der Waals surface area contributed by atoms with Crippen molar-refractivity contribution >= 4 is 0 Å². The maximum atomic E-state index is 2.21. The van der Waals surface area contributed by atoms with E-state index in [0.717, 1.165) is 42.4 Å². The minimum atomic E-state index is 1.00. The Balaban J connectivity index is -0.0000000913. The van der Waals surface area contributed by atoms with Crippen LogP contribution in [-0.4, -0.2) is 264 Å². The van der Waals surface area contributed by atoms with Gasteiger partial charge in [0.1, 0.15) is 13.3 Å². The van der Waals surface area contributed by atoms with Gasteiger partial charge in [0, 0.05) is 6.67 Å². The second kappa shape index (κ2) is 25.0. The first-order valence-corrected chi connectivity index (χ1v) is 14.6. The Hall–Kier alpha value is -0.400. The fraction of sp³-hybridized carbons (Fsp3) is 1.00. The summed E-state index contributed by atoms with van der Waals surface area (Å²) in [6, 6.07) is 0. The Morgan fingerprint density at radius 2 is 0.488 bits per heavy atom. The summed E-state index contributed by atoms with van der Waals surface area (Å²) in [5, 5.41) is 0. The molecule has 0 unspecified atom stereocenters. The Labute approximate surface area is 263 Å². The van der Waals surface area contributed by atoms with E-state index in [1.54, 1.807) is 0 Å². The van der Waals surface area contributed by atoms with Gasteiger partial charge in [-0.1, -0.05) is 0 Å². The summed E-state index contributed by atoms with van der Waals surface area (Å²) in [7, 11) is 57.4. The number of nitrogens with zero attached hydrogens (tertiary/aromatic N) is 10. The molecule has 0 aliphatic carbocycles. The summed E-state index contributed by atoms with van der Waals surface area (Å²) in [6.07, 6.45) is 0. The third-order valence-corrected chi connectivity index (χ3v) is 2.83. The molecule has 0 aliphatic rings. The van der Waals surface area contributed by atoms with Crippen LogP contribution in [0.3, 0.4) is 0 Å². The summed E-state index contributed by atoms with van der Waals surface area (Å²) < 4.78 is 5.08. The van der Waals surface area contributed by atoms with Crippen LogP contribution in [0.5, 0.6) is 0 Å². The summed E-state index contributed by atoms with van der Waals surface area (Å²) in [5.41, 5.74) is 0. The summed E-state index contributed by atoms with van der Waals surface area (Å²) in [6.45, 7) is 4.39. The van der Waals surface area contributed by atoms with Crippen LogP contribution in [0.2, 0.25) is 0 Å². The van der Waals surface area contributed by atoms with Crippen LogP contribution >= 0.6 is 0 Å². The second-order valence-corrected chi connectivity index (χ2v) is 18.1. The molecule has 10 heteroatoms. The molecule has 0 spiro atoms. The van der Waals surface area contributed by atoms with Crippen LogP contribution in [0.4, 0.5) is 0 Å². The number of rotatable bonds is 8. The zero-order valence-electron chi connectivity index (χ0n) is 34.3. The normalized spacial score (nSPS) is 12.3. The van der Waals surface area contributed by atoms with E-state index in [1.807, 2.05) is 26.0 Å². The fourth-order valence-electron chi connectivity index (χ4n) is 3.54. The molecule has 0 saturated heterocycles. The topological polar surface area (TPSA) is 16.2 Å². The van der Waals surface area contributed by atoms with Gasteiger partial charge in [0.15, 0.2) is 0 Å². The van der Waals surface area contributed by atoms with Gasteiger partial charge in [-0.25, -0.2) is 0 Å². The molecule has 0 atom stereocenters. The van der Waals surface area contributed by atoms with E-state index >= 15 is 0 Å². The van der Waals surface area contributed by atoms with Crippen molar-refractivity contribution in [1.29, 1.82) is 0 Å². The van der Waals surface area contributed by atoms with E-state index in [4.69, 9.17) is 0 Å². The quantitative estimate of drug-likeness (QED) is 0.308. The van der Waals surface area contributed by atoms with E-state index in [0.29, 0.717) is 0 Å². The third kappa shape index (κ3) is 146. The zero-order valence-corrected chi connectivity index (χ0v) is 34.3. The lowest BCUT2D eigenvalue weighted by Crippen LogP contribution is -2.51. The van der Waals surface area contributed by atoms with Crippen molar-refractivity contribution < 1.29 is 22.4 Å². The van der Waals surface area contributed by atoms with Crippen LogP contribution in [0, 0.1) is 0 Å². The Morgan fingerprint density at radius 1 is 0.317 bits per heavy atom. The number of quaternary nitrogens is 5. The average Bonchev–Trinajstić information content (AvgIpc) is 2.43. The van der Waals surface area contributed by atoms with Gasteiger partial charge in [-0.3, -0.25) is 28.6 Å². The molecule has 0 aromatic heterocycles. The smallest absolute Gasteiger partial charge is 0.206 e. The van der Waals surface area contributed by atoms with E-state index in [-0.39, 0.29) is 0 Å². The van der Waals surface area contributed by atoms with Crippen molar-refractivity contribution in [2.75, 3.05) is 217 Å². The molecule has 0 fully saturated rings. The van der Waals surface area contributed by atoms with Crippen molar-refractivity contribution in [3.05, 3.63) is 0 Å². The molecule has 0 aromatic carbocycles. The molecule has 0 N–H and O–H groups in total. The van der Waals surface area contributed by atoms with Gasteiger partial charge < -0.3 is 18.3 Å². The van der Waals surface area contributed by atoms with Crippen LogP contribution in [0.1, 0.15) is 0 Å². The van der Waals surface area contributed by atoms with Gasteiger partial charge in [0.05, 0.1) is 113 Å². The molecule has 0 rings (SSSR count). The van der Waals surface area contributed by atoms with Crippen molar-refractivity contribution in [2.24, 2.45) is 0 Å². The average molecular weight is 602 g/mol. The number of hydrogen-bond donors (Lipinski definition) is 0. The highest BCUT2D eigenvalue weighted by Gasteiger charge is 2.17. The predicted octanol–water partition coefficient (Wildman–Crippen LogP) is 1.35. The minimum Gasteiger partial charge on any atom is -0.333 e. The van der Waals surface area contributed by atoms with Crippen LogP contribution in [-0.2, 0) is 0 Å². The van der Waals surface area contributed by atoms with Gasteiger partial charge in [-0.15, -0.1) is 0 Å². The van der Waals surface area contributed by atoms with E-state index in [9.17, 15) is 0 Å². The molecule has 0 aliphatic heterocycles. The highest BCUT2D eigenvalue weighted by atomic mass is 15.5. The van der Waals surface area contributed by atoms with Crippen LogP contribution in [0.25, 0.3) is 0 Å². The molecule has 0 saturated carbocycles. The maximum absolute atomic E-state index is 2.21. The van der Waals surface area contributed by atoms with E-state index < -0.39 is 0 Å². The standard InChI is InChI=1S/C7H20N2.2C6H17N2.C5H14N2.C4H12N.C3H9N/c1-8(2,3)7-9(4,5)6;2*1-7(2)6-8(3,4)5;1-6(2)5-7(3)4;1-5(2,3)4;1-4(2)3/h7H2,1-6H3;2*6H2,1-5H3;5H2,1-4H3;1-4H3;1-3H3/q+2;2*+1;;+1;. The van der Waals surface area contributed by atoms with Gasteiger partial charge in [-0.05, 0) is 77.5 Å². The van der Waals surface area contributed by atoms with Crippen LogP contribution < -0.4 is 0 Å². The maximum Gasteiger partial charge on any atom is 0.206 e. The molecule has 0 aromatic rings. The monoisotopic (exact) mass is 602 g/mol. The molecule has 0 radical (unpaired) electrons. The van der Waals surface area contributed by atoms with E-state index in [2.05, 4.69) is 189 Å². The van der Waals surface area contributed by atoms with Crippen molar-refractivity contribution in [3.8, 4) is 0 Å². The van der Waals surface area contributed by atoms with E-state index in [1.165, 1.54) is 6.67 Å². The SMILES string of the molecule is CN(C)C.CN(C)CN(C)C.CN(C)C[N+](C)(C)C.CN(C)C[N+](C)(C)C.C[N+](C)(C)C.C[N+](C)(C)C[N+](C)(C)C. The first-order chi connectivity index (χ1) is 17.4. The van der Waals surface area contributed by atoms with Crippen molar-refractivity contribution in [2.45, 2.75) is 0 Å². The predicted molar refractivity (Wildman–Crippen MR) is 190 cm³/mol. The highest BCUT2D eigenvalue weighted by Crippen LogP contribution is 1.97. The minimum absolute atomic E-state index is 1.00. The van der Waals surface area contributed by atoms with Crippen molar-refractivity contribution in [3.63, 3.8) is 0 Å². The van der Waals surface area contributed by atoms with Crippen molar-refractivity contribution in [1.82, 2.24) is 24.5 Å². The van der Waals surface area contributed by atoms with Gasteiger partial charge in [0.2, 0.25) is 6.67 Å². The summed E-state index contributed by atoms with van der Waals surface area (Å²) in [4.78, 5) is 10.6. The molecule has 258 valence electrons. The Bertz CT molecular complexity index is 479. The first kappa shape index (κ1) is 53.2. The summed E-state index contributed by atoms with van der Waals surface area (Å²) in [5.74, 6) is 0. The van der Waals surface area contributed by atoms with Crippen LogP contribution in [0.15, 0.2) is 0 Å². The molecule has 0 heterocycles. The highest BCUT2D eigenvalue weighted by molar-refractivity contribution is 4.35. The lowest BCUT2D eigenvalue weighted by atomic mass is 10.6. The molecular formula is C31H89N10+5. The first-order valence-electron chi connectivity index (χ1n) is 14.6. The largest absolute Gasteiger partial charge is 0.333 e. The molecule has 0 bridgehead atoms.